The molecule has 14 heteroatoms. The van der Waals surface area contributed by atoms with Gasteiger partial charge >= 0.3 is 6.36 Å². The summed E-state index contributed by atoms with van der Waals surface area (Å²) < 4.78 is 51.1. The third-order valence-electron chi connectivity index (χ3n) is 7.39. The minimum Gasteiger partial charge on any atom is -0.495 e. The Labute approximate surface area is 231 Å². The summed E-state index contributed by atoms with van der Waals surface area (Å²) in [5.41, 5.74) is 7.76. The predicted octanol–water partition coefficient (Wildman–Crippen LogP) is 4.14. The first-order valence-electron chi connectivity index (χ1n) is 12.8. The van der Waals surface area contributed by atoms with E-state index >= 15 is 0 Å². The number of rotatable bonds is 8. The zero-order valence-corrected chi connectivity index (χ0v) is 22.0. The Balaban J connectivity index is 1.39. The minimum absolute atomic E-state index is 0.00384. The number of aliphatic hydroxyl groups excluding tert-OH is 1. The molecule has 0 saturated heterocycles. The van der Waals surface area contributed by atoms with Crippen molar-refractivity contribution in [2.75, 3.05) is 18.2 Å². The predicted molar refractivity (Wildman–Crippen MR) is 141 cm³/mol. The van der Waals surface area contributed by atoms with Crippen molar-refractivity contribution in [3.63, 3.8) is 0 Å². The molecule has 0 radical (unpaired) electrons. The second-order valence-corrected chi connectivity index (χ2v) is 10.1. The molecule has 0 spiro atoms. The first-order valence-corrected chi connectivity index (χ1v) is 12.8. The molecular formula is C27H26F3N7O4. The van der Waals surface area contributed by atoms with Gasteiger partial charge in [-0.15, -0.1) is 18.3 Å². The maximum absolute atomic E-state index is 13.4. The third kappa shape index (κ3) is 5.06. The molecule has 1 saturated carbocycles. The highest BCUT2D eigenvalue weighted by molar-refractivity contribution is 6.02. The van der Waals surface area contributed by atoms with E-state index in [0.29, 0.717) is 28.5 Å². The van der Waals surface area contributed by atoms with Gasteiger partial charge < -0.3 is 30.5 Å². The van der Waals surface area contributed by atoms with Gasteiger partial charge in [0.2, 0.25) is 0 Å². The third-order valence-corrected chi connectivity index (χ3v) is 7.39. The number of alkyl halides is 3. The molecule has 2 aliphatic rings. The number of fused-ring (bicyclic) bond motifs is 2. The van der Waals surface area contributed by atoms with Crippen LogP contribution in [0.15, 0.2) is 42.9 Å². The molecule has 6 rings (SSSR count). The van der Waals surface area contributed by atoms with Crippen LogP contribution in [0.25, 0.3) is 16.9 Å². The highest BCUT2D eigenvalue weighted by Gasteiger charge is 2.42. The topological polar surface area (TPSA) is 140 Å². The first kappa shape index (κ1) is 26.6. The number of carbonyl (C=O) groups excluding carboxylic acids is 1. The van der Waals surface area contributed by atoms with Crippen LogP contribution in [0.3, 0.4) is 0 Å². The number of amides is 1. The van der Waals surface area contributed by atoms with Gasteiger partial charge in [-0.2, -0.15) is 0 Å². The Morgan fingerprint density at radius 3 is 2.71 bits per heavy atom. The molecule has 1 fully saturated rings. The number of halogens is 3. The Morgan fingerprint density at radius 1 is 1.22 bits per heavy atom. The SMILES string of the molecule is COc1cncc(NC(O)c2c(N)nn3ccc(-c4cc5c(c(OC(F)(F)F)c4)C(=O)N([C@@H](C)C4CC4)C5)nc23)c1. The van der Waals surface area contributed by atoms with E-state index in [1.54, 1.807) is 23.1 Å². The van der Waals surface area contributed by atoms with Gasteiger partial charge in [-0.3, -0.25) is 9.78 Å². The first-order chi connectivity index (χ1) is 19.5. The summed E-state index contributed by atoms with van der Waals surface area (Å²) >= 11 is 0. The molecule has 4 N–H and O–H groups in total. The molecular weight excluding hydrogens is 543 g/mol. The maximum Gasteiger partial charge on any atom is 0.573 e. The number of hydrogen-bond acceptors (Lipinski definition) is 9. The average molecular weight is 570 g/mol. The minimum atomic E-state index is -5.00. The molecule has 0 bridgehead atoms. The van der Waals surface area contributed by atoms with Crippen molar-refractivity contribution in [1.82, 2.24) is 24.5 Å². The van der Waals surface area contributed by atoms with E-state index in [2.05, 4.69) is 25.1 Å². The van der Waals surface area contributed by atoms with Crippen molar-refractivity contribution in [1.29, 1.82) is 0 Å². The average Bonchev–Trinajstić information content (AvgIpc) is 3.64. The number of nitrogens with zero attached hydrogens (tertiary/aromatic N) is 5. The number of pyridine rings is 1. The Kier molecular flexibility index (Phi) is 6.36. The van der Waals surface area contributed by atoms with Crippen molar-refractivity contribution < 1.29 is 32.5 Å². The number of methoxy groups -OCH3 is 1. The highest BCUT2D eigenvalue weighted by Crippen LogP contribution is 2.42. The zero-order chi connectivity index (χ0) is 29.1. The zero-order valence-electron chi connectivity index (χ0n) is 22.0. The van der Waals surface area contributed by atoms with Crippen molar-refractivity contribution in [3.8, 4) is 22.8 Å². The second-order valence-electron chi connectivity index (χ2n) is 10.1. The molecule has 1 unspecified atom stereocenters. The summed E-state index contributed by atoms with van der Waals surface area (Å²) in [6.45, 7) is 2.08. The van der Waals surface area contributed by atoms with E-state index in [1.807, 2.05) is 6.92 Å². The van der Waals surface area contributed by atoms with Crippen molar-refractivity contribution in [2.45, 2.75) is 44.9 Å². The molecule has 214 valence electrons. The van der Waals surface area contributed by atoms with Gasteiger partial charge in [-0.1, -0.05) is 0 Å². The molecule has 1 amide bonds. The van der Waals surface area contributed by atoms with E-state index in [1.165, 1.54) is 30.2 Å². The van der Waals surface area contributed by atoms with Crippen molar-refractivity contribution >= 4 is 23.1 Å². The van der Waals surface area contributed by atoms with Gasteiger partial charge in [0.15, 0.2) is 17.7 Å². The largest absolute Gasteiger partial charge is 0.573 e. The summed E-state index contributed by atoms with van der Waals surface area (Å²) in [4.78, 5) is 23.4. The van der Waals surface area contributed by atoms with Crippen LogP contribution in [0, 0.1) is 5.92 Å². The van der Waals surface area contributed by atoms with E-state index in [-0.39, 0.29) is 40.9 Å². The van der Waals surface area contributed by atoms with Gasteiger partial charge in [0.05, 0.1) is 42.0 Å². The summed E-state index contributed by atoms with van der Waals surface area (Å²) in [5, 5.41) is 18.0. The number of aromatic nitrogens is 4. The number of ether oxygens (including phenoxy) is 2. The van der Waals surface area contributed by atoms with Gasteiger partial charge in [0.1, 0.15) is 11.5 Å². The summed E-state index contributed by atoms with van der Waals surface area (Å²) in [6.07, 6.45) is 0.111. The van der Waals surface area contributed by atoms with E-state index in [0.717, 1.165) is 18.9 Å². The standard InChI is InChI=1S/C27H26F3N7O4/c1-13(14-3-4-14)36-12-16-7-15(8-20(21(16)26(36)39)41-27(28,29)30)19-5-6-37-24(34-19)22(23(31)35-37)25(38)33-17-9-18(40-2)11-32-10-17/h5-11,13-14,25,33,38H,3-4,12H2,1-2H3,(H2,31,35)/t13-,25?/m0/s1. The molecule has 4 aromatic rings. The molecule has 41 heavy (non-hydrogen) atoms. The van der Waals surface area contributed by atoms with E-state index in [9.17, 15) is 23.1 Å². The van der Waals surface area contributed by atoms with Crippen LogP contribution >= 0.6 is 0 Å². The molecule has 1 aliphatic heterocycles. The second kappa shape index (κ2) is 9.80. The number of nitrogens with two attached hydrogens (primary N) is 1. The fourth-order valence-corrected chi connectivity index (χ4v) is 5.18. The lowest BCUT2D eigenvalue weighted by atomic mass is 10.0. The highest BCUT2D eigenvalue weighted by atomic mass is 19.4. The van der Waals surface area contributed by atoms with Gasteiger partial charge in [-0.05, 0) is 49.4 Å². The van der Waals surface area contributed by atoms with Crippen LogP contribution in [0.5, 0.6) is 11.5 Å². The smallest absolute Gasteiger partial charge is 0.495 e. The maximum atomic E-state index is 13.4. The number of nitrogens with one attached hydrogen (secondary N) is 1. The fraction of sp³-hybridized carbons (Fsp3) is 0.333. The lowest BCUT2D eigenvalue weighted by Crippen LogP contribution is -2.34. The monoisotopic (exact) mass is 569 g/mol. The number of hydrogen-bond donors (Lipinski definition) is 3. The number of benzene rings is 1. The molecule has 2 atom stereocenters. The summed E-state index contributed by atoms with van der Waals surface area (Å²) in [6, 6.07) is 5.88. The Morgan fingerprint density at radius 2 is 2.00 bits per heavy atom. The van der Waals surface area contributed by atoms with Crippen LogP contribution in [0.1, 0.15) is 47.5 Å². The normalized spacial score (nSPS) is 16.5. The van der Waals surface area contributed by atoms with Gasteiger partial charge in [0, 0.05) is 30.4 Å². The lowest BCUT2D eigenvalue weighted by molar-refractivity contribution is -0.274. The van der Waals surface area contributed by atoms with E-state index < -0.39 is 24.2 Å². The van der Waals surface area contributed by atoms with Gasteiger partial charge in [-0.25, -0.2) is 9.50 Å². The van der Waals surface area contributed by atoms with Crippen LogP contribution in [-0.2, 0) is 6.54 Å². The van der Waals surface area contributed by atoms with Gasteiger partial charge in [0.25, 0.3) is 5.91 Å². The van der Waals surface area contributed by atoms with E-state index in [4.69, 9.17) is 10.5 Å². The van der Waals surface area contributed by atoms with Crippen LogP contribution in [-0.4, -0.2) is 55.0 Å². The molecule has 11 nitrogen and oxygen atoms in total. The molecule has 1 aromatic carbocycles. The lowest BCUT2D eigenvalue weighted by Gasteiger charge is -2.24. The Hall–Kier alpha value is -4.59. The number of aliphatic hydroxyl groups is 1. The summed E-state index contributed by atoms with van der Waals surface area (Å²) in [7, 11) is 1.48. The van der Waals surface area contributed by atoms with Crippen molar-refractivity contribution in [2.24, 2.45) is 5.92 Å². The van der Waals surface area contributed by atoms with Crippen molar-refractivity contribution in [3.05, 3.63) is 59.5 Å². The van der Waals surface area contributed by atoms with Crippen LogP contribution < -0.4 is 20.5 Å². The number of carbonyl (C=O) groups is 1. The summed E-state index contributed by atoms with van der Waals surface area (Å²) in [5.74, 6) is -0.269. The quantitative estimate of drug-likeness (QED) is 0.267. The Bertz CT molecular complexity index is 1650. The molecule has 3 aromatic heterocycles. The van der Waals surface area contributed by atoms with Crippen LogP contribution in [0.2, 0.25) is 0 Å². The fourth-order valence-electron chi connectivity index (χ4n) is 5.18. The number of nitrogen functional groups attached to an aromatic ring is 1. The van der Waals surface area contributed by atoms with Crippen LogP contribution in [0.4, 0.5) is 24.7 Å². The number of anilines is 2. The molecule has 1 aliphatic carbocycles. The molecule has 4 heterocycles.